The highest BCUT2D eigenvalue weighted by atomic mass is 19.4. The Balaban J connectivity index is 2.19. The highest BCUT2D eigenvalue weighted by Gasteiger charge is 2.28. The van der Waals surface area contributed by atoms with E-state index in [-0.39, 0.29) is 12.5 Å². The van der Waals surface area contributed by atoms with Gasteiger partial charge in [-0.15, -0.1) is 0 Å². The van der Waals surface area contributed by atoms with Crippen molar-refractivity contribution in [3.8, 4) is 0 Å². The van der Waals surface area contributed by atoms with Crippen molar-refractivity contribution < 1.29 is 13.2 Å². The summed E-state index contributed by atoms with van der Waals surface area (Å²) in [7, 11) is 0. The van der Waals surface area contributed by atoms with Crippen LogP contribution in [-0.2, 0) is 0 Å². The average Bonchev–Trinajstić information content (AvgIpc) is 2.26. The zero-order valence-electron chi connectivity index (χ0n) is 7.66. The summed E-state index contributed by atoms with van der Waals surface area (Å²) >= 11 is 0. The summed E-state index contributed by atoms with van der Waals surface area (Å²) in [6, 6.07) is 0.0872. The average molecular weight is 195 g/mol. The molecule has 0 spiro atoms. The summed E-state index contributed by atoms with van der Waals surface area (Å²) in [5.74, 6) is 0. The molecule has 0 aromatic rings. The van der Waals surface area contributed by atoms with E-state index in [1.807, 2.05) is 0 Å². The zero-order chi connectivity index (χ0) is 9.73. The first-order valence-electron chi connectivity index (χ1n) is 4.88. The molecule has 1 N–H and O–H groups in total. The number of hydrogen-bond donors (Lipinski definition) is 1. The van der Waals surface area contributed by atoms with Crippen LogP contribution in [0.1, 0.15) is 38.5 Å². The van der Waals surface area contributed by atoms with Gasteiger partial charge in [-0.3, -0.25) is 0 Å². The molecule has 0 aromatic carbocycles. The third-order valence-corrected chi connectivity index (χ3v) is 2.44. The molecular formula is C9H16F3N. The van der Waals surface area contributed by atoms with Gasteiger partial charge in [0.2, 0.25) is 0 Å². The topological polar surface area (TPSA) is 12.0 Å². The second-order valence-electron chi connectivity index (χ2n) is 3.65. The van der Waals surface area contributed by atoms with Gasteiger partial charge in [0.15, 0.2) is 0 Å². The fraction of sp³-hybridized carbons (Fsp3) is 1.00. The molecule has 1 saturated heterocycles. The summed E-state index contributed by atoms with van der Waals surface area (Å²) in [5, 5.41) is 3.15. The highest BCUT2D eigenvalue weighted by molar-refractivity contribution is 4.71. The molecule has 1 aliphatic rings. The van der Waals surface area contributed by atoms with E-state index in [0.717, 1.165) is 32.2 Å². The summed E-state index contributed by atoms with van der Waals surface area (Å²) in [5.41, 5.74) is 0. The first-order valence-corrected chi connectivity index (χ1v) is 4.88. The van der Waals surface area contributed by atoms with Crippen molar-refractivity contribution in [1.82, 2.24) is 5.32 Å². The fourth-order valence-corrected chi connectivity index (χ4v) is 1.69. The minimum Gasteiger partial charge on any atom is -0.314 e. The molecule has 1 aliphatic heterocycles. The van der Waals surface area contributed by atoms with Gasteiger partial charge in [-0.1, -0.05) is 12.8 Å². The Bertz CT molecular complexity index is 136. The lowest BCUT2D eigenvalue weighted by Crippen LogP contribution is -2.29. The molecule has 0 aliphatic carbocycles. The largest absolute Gasteiger partial charge is 0.389 e. The van der Waals surface area contributed by atoms with Crippen molar-refractivity contribution in [1.29, 1.82) is 0 Å². The molecule has 1 nitrogen and oxygen atoms in total. The van der Waals surface area contributed by atoms with Gasteiger partial charge in [0.25, 0.3) is 0 Å². The van der Waals surface area contributed by atoms with Gasteiger partial charge in [-0.25, -0.2) is 0 Å². The predicted molar refractivity (Wildman–Crippen MR) is 45.5 cm³/mol. The number of nitrogens with one attached hydrogen (secondary N) is 1. The lowest BCUT2D eigenvalue weighted by Gasteiger charge is -2.16. The number of rotatable bonds is 2. The molecule has 78 valence electrons. The fourth-order valence-electron chi connectivity index (χ4n) is 1.69. The SMILES string of the molecule is FC(F)(F)CCC1CCCCCN1. The summed E-state index contributed by atoms with van der Waals surface area (Å²) < 4.78 is 35.7. The van der Waals surface area contributed by atoms with Crippen LogP contribution in [0, 0.1) is 0 Å². The van der Waals surface area contributed by atoms with E-state index in [0.29, 0.717) is 0 Å². The third kappa shape index (κ3) is 5.13. The van der Waals surface area contributed by atoms with E-state index in [9.17, 15) is 13.2 Å². The maximum atomic E-state index is 11.9. The molecule has 1 heterocycles. The van der Waals surface area contributed by atoms with Gasteiger partial charge in [0, 0.05) is 12.5 Å². The first kappa shape index (κ1) is 10.8. The van der Waals surface area contributed by atoms with Gasteiger partial charge < -0.3 is 5.32 Å². The van der Waals surface area contributed by atoms with E-state index in [1.54, 1.807) is 0 Å². The van der Waals surface area contributed by atoms with Gasteiger partial charge >= 0.3 is 6.18 Å². The maximum absolute atomic E-state index is 11.9. The number of hydrogen-bond acceptors (Lipinski definition) is 1. The summed E-state index contributed by atoms with van der Waals surface area (Å²) in [4.78, 5) is 0. The Kier molecular flexibility index (Phi) is 4.03. The first-order chi connectivity index (χ1) is 6.08. The van der Waals surface area contributed by atoms with Crippen molar-refractivity contribution in [3.63, 3.8) is 0 Å². The minimum atomic E-state index is -3.99. The highest BCUT2D eigenvalue weighted by Crippen LogP contribution is 2.24. The van der Waals surface area contributed by atoms with Gasteiger partial charge in [-0.2, -0.15) is 13.2 Å². The number of halogens is 3. The quantitative estimate of drug-likeness (QED) is 0.714. The minimum absolute atomic E-state index is 0.0872. The van der Waals surface area contributed by atoms with Crippen molar-refractivity contribution in [3.05, 3.63) is 0 Å². The van der Waals surface area contributed by atoms with Crippen LogP contribution < -0.4 is 5.32 Å². The molecule has 0 radical (unpaired) electrons. The van der Waals surface area contributed by atoms with E-state index < -0.39 is 12.6 Å². The third-order valence-electron chi connectivity index (χ3n) is 2.44. The molecular weight excluding hydrogens is 179 g/mol. The normalized spacial score (nSPS) is 25.6. The van der Waals surface area contributed by atoms with E-state index in [1.165, 1.54) is 0 Å². The van der Waals surface area contributed by atoms with Crippen molar-refractivity contribution in [2.75, 3.05) is 6.54 Å². The van der Waals surface area contributed by atoms with Crippen LogP contribution in [0.25, 0.3) is 0 Å². The van der Waals surface area contributed by atoms with Crippen LogP contribution in [0.5, 0.6) is 0 Å². The second-order valence-corrected chi connectivity index (χ2v) is 3.65. The second kappa shape index (κ2) is 4.84. The van der Waals surface area contributed by atoms with E-state index in [2.05, 4.69) is 5.32 Å². The molecule has 0 aromatic heterocycles. The molecule has 0 saturated carbocycles. The van der Waals surface area contributed by atoms with Crippen LogP contribution in [-0.4, -0.2) is 18.8 Å². The lowest BCUT2D eigenvalue weighted by atomic mass is 10.1. The molecule has 1 atom stereocenters. The Morgan fingerprint density at radius 2 is 1.92 bits per heavy atom. The van der Waals surface area contributed by atoms with Crippen molar-refractivity contribution in [2.45, 2.75) is 50.7 Å². The van der Waals surface area contributed by atoms with Crippen LogP contribution in [0.3, 0.4) is 0 Å². The van der Waals surface area contributed by atoms with E-state index in [4.69, 9.17) is 0 Å². The van der Waals surface area contributed by atoms with Gasteiger partial charge in [-0.05, 0) is 25.8 Å². The Morgan fingerprint density at radius 3 is 2.62 bits per heavy atom. The number of alkyl halides is 3. The zero-order valence-corrected chi connectivity index (χ0v) is 7.66. The molecule has 13 heavy (non-hydrogen) atoms. The predicted octanol–water partition coefficient (Wildman–Crippen LogP) is 2.86. The summed E-state index contributed by atoms with van der Waals surface area (Å²) in [6.45, 7) is 0.878. The molecule has 0 bridgehead atoms. The Morgan fingerprint density at radius 1 is 1.15 bits per heavy atom. The smallest absolute Gasteiger partial charge is 0.314 e. The monoisotopic (exact) mass is 195 g/mol. The van der Waals surface area contributed by atoms with Crippen molar-refractivity contribution >= 4 is 0 Å². The Labute approximate surface area is 76.7 Å². The van der Waals surface area contributed by atoms with E-state index >= 15 is 0 Å². The molecule has 1 fully saturated rings. The summed E-state index contributed by atoms with van der Waals surface area (Å²) in [6.07, 6.45) is -0.189. The standard InChI is InChI=1S/C9H16F3N/c10-9(11,12)6-5-8-4-2-1-3-7-13-8/h8,13H,1-7H2. The van der Waals surface area contributed by atoms with Crippen LogP contribution in [0.4, 0.5) is 13.2 Å². The molecule has 0 amide bonds. The maximum Gasteiger partial charge on any atom is 0.389 e. The molecule has 1 rings (SSSR count). The van der Waals surface area contributed by atoms with Gasteiger partial charge in [0.1, 0.15) is 0 Å². The van der Waals surface area contributed by atoms with Crippen LogP contribution >= 0.6 is 0 Å². The van der Waals surface area contributed by atoms with Gasteiger partial charge in [0.05, 0.1) is 0 Å². The Hall–Kier alpha value is -0.250. The van der Waals surface area contributed by atoms with Crippen LogP contribution in [0.15, 0.2) is 0 Å². The lowest BCUT2D eigenvalue weighted by molar-refractivity contribution is -0.136. The van der Waals surface area contributed by atoms with Crippen LogP contribution in [0.2, 0.25) is 0 Å². The van der Waals surface area contributed by atoms with Crippen molar-refractivity contribution in [2.24, 2.45) is 0 Å². The molecule has 1 unspecified atom stereocenters. The molecule has 4 heteroatoms.